The molecule has 0 aromatic heterocycles. The Morgan fingerprint density at radius 1 is 0.926 bits per heavy atom. The van der Waals surface area contributed by atoms with Crippen LogP contribution in [0.25, 0.3) is 0 Å². The van der Waals surface area contributed by atoms with Crippen LogP contribution in [0.4, 0.5) is 13.2 Å². The zero-order chi connectivity index (χ0) is 19.9. The van der Waals surface area contributed by atoms with Crippen LogP contribution in [0.5, 0.6) is 5.75 Å². The van der Waals surface area contributed by atoms with Crippen molar-refractivity contribution in [3.05, 3.63) is 71.1 Å². The summed E-state index contributed by atoms with van der Waals surface area (Å²) in [7, 11) is 0. The maximum absolute atomic E-state index is 13.0. The number of hydrogen-bond donors (Lipinski definition) is 0. The minimum atomic E-state index is -4.34. The summed E-state index contributed by atoms with van der Waals surface area (Å²) in [6.45, 7) is 9.64. The Kier molecular flexibility index (Phi) is 7.72. The number of benzene rings is 2. The van der Waals surface area contributed by atoms with Crippen LogP contribution in [-0.2, 0) is 6.18 Å². The zero-order valence-corrected chi connectivity index (χ0v) is 16.1. The van der Waals surface area contributed by atoms with E-state index in [1.807, 2.05) is 31.2 Å². The molecule has 27 heavy (non-hydrogen) atoms. The van der Waals surface area contributed by atoms with E-state index in [2.05, 4.69) is 18.7 Å². The molecule has 0 atom stereocenters. The van der Waals surface area contributed by atoms with Crippen LogP contribution >= 0.6 is 0 Å². The standard InChI is InChI=1S/C22H27F3NO/c1-4-21(18-8-7-9-19(16-18)22(23,24)25)17-10-12-20(13-11-17)27-15-14-26(5-2)6-3/h7-13,16H,4-6,14-15H2,1-3H3. The Balaban J connectivity index is 2.08. The lowest BCUT2D eigenvalue weighted by Gasteiger charge is -2.19. The van der Waals surface area contributed by atoms with Gasteiger partial charge >= 0.3 is 6.18 Å². The molecule has 0 heterocycles. The highest BCUT2D eigenvalue weighted by Gasteiger charge is 2.31. The molecular weight excluding hydrogens is 351 g/mol. The third-order valence-electron chi connectivity index (χ3n) is 4.67. The van der Waals surface area contributed by atoms with Gasteiger partial charge in [-0.2, -0.15) is 13.2 Å². The van der Waals surface area contributed by atoms with E-state index in [0.29, 0.717) is 18.6 Å². The van der Waals surface area contributed by atoms with Crippen molar-refractivity contribution in [2.24, 2.45) is 0 Å². The maximum Gasteiger partial charge on any atom is 0.416 e. The topological polar surface area (TPSA) is 12.5 Å². The average Bonchev–Trinajstić information content (AvgIpc) is 2.66. The van der Waals surface area contributed by atoms with Gasteiger partial charge < -0.3 is 9.64 Å². The number of alkyl halides is 3. The summed E-state index contributed by atoms with van der Waals surface area (Å²) in [5, 5.41) is 0. The van der Waals surface area contributed by atoms with Crippen LogP contribution < -0.4 is 4.74 Å². The van der Waals surface area contributed by atoms with Crippen LogP contribution in [0.2, 0.25) is 0 Å². The van der Waals surface area contributed by atoms with Gasteiger partial charge in [-0.15, -0.1) is 0 Å². The number of likely N-dealkylation sites (N-methyl/N-ethyl adjacent to an activating group) is 1. The predicted octanol–water partition coefficient (Wildman–Crippen LogP) is 5.81. The number of halogens is 3. The molecule has 0 spiro atoms. The van der Waals surface area contributed by atoms with Crippen molar-refractivity contribution in [1.82, 2.24) is 4.90 Å². The Hall–Kier alpha value is -2.01. The number of ether oxygens (including phenoxy) is 1. The first kappa shape index (κ1) is 21.3. The van der Waals surface area contributed by atoms with E-state index < -0.39 is 11.7 Å². The molecule has 2 aromatic carbocycles. The summed E-state index contributed by atoms with van der Waals surface area (Å²) in [5.74, 6) is 1.65. The molecule has 0 bridgehead atoms. The molecular formula is C22H27F3NO. The van der Waals surface area contributed by atoms with E-state index in [0.717, 1.165) is 42.9 Å². The van der Waals surface area contributed by atoms with Gasteiger partial charge in [-0.3, -0.25) is 0 Å². The van der Waals surface area contributed by atoms with Gasteiger partial charge in [0.05, 0.1) is 5.56 Å². The molecule has 0 saturated carbocycles. The van der Waals surface area contributed by atoms with E-state index in [-0.39, 0.29) is 0 Å². The highest BCUT2D eigenvalue weighted by atomic mass is 19.4. The van der Waals surface area contributed by atoms with E-state index >= 15 is 0 Å². The summed E-state index contributed by atoms with van der Waals surface area (Å²) in [6, 6.07) is 13.1. The SMILES string of the molecule is CC[C](c1ccc(OCCN(CC)CC)cc1)c1cccc(C(F)(F)F)c1. The molecule has 0 saturated heterocycles. The Morgan fingerprint density at radius 3 is 2.15 bits per heavy atom. The monoisotopic (exact) mass is 378 g/mol. The highest BCUT2D eigenvalue weighted by Crippen LogP contribution is 2.34. The minimum absolute atomic E-state index is 0.600. The molecule has 5 heteroatoms. The molecule has 0 aliphatic carbocycles. The van der Waals surface area contributed by atoms with E-state index in [4.69, 9.17) is 4.74 Å². The van der Waals surface area contributed by atoms with E-state index in [1.54, 1.807) is 6.07 Å². The summed E-state index contributed by atoms with van der Waals surface area (Å²) >= 11 is 0. The molecule has 0 unspecified atom stereocenters. The van der Waals surface area contributed by atoms with Crippen LogP contribution in [0.1, 0.15) is 43.9 Å². The zero-order valence-electron chi connectivity index (χ0n) is 16.1. The van der Waals surface area contributed by atoms with Crippen LogP contribution in [0.3, 0.4) is 0 Å². The fourth-order valence-electron chi connectivity index (χ4n) is 3.04. The lowest BCUT2D eigenvalue weighted by Crippen LogP contribution is -2.27. The first-order chi connectivity index (χ1) is 12.9. The molecule has 0 aliphatic heterocycles. The molecule has 2 nitrogen and oxygen atoms in total. The van der Waals surface area contributed by atoms with Crippen molar-refractivity contribution in [2.75, 3.05) is 26.2 Å². The first-order valence-corrected chi connectivity index (χ1v) is 9.38. The van der Waals surface area contributed by atoms with Crippen molar-refractivity contribution in [3.8, 4) is 5.75 Å². The van der Waals surface area contributed by atoms with E-state index in [9.17, 15) is 13.2 Å². The maximum atomic E-state index is 13.0. The second-order valence-electron chi connectivity index (χ2n) is 6.31. The summed E-state index contributed by atoms with van der Waals surface area (Å²) in [6.07, 6.45) is -3.69. The quantitative estimate of drug-likeness (QED) is 0.546. The van der Waals surface area contributed by atoms with Crippen molar-refractivity contribution >= 4 is 0 Å². The third kappa shape index (κ3) is 5.99. The molecule has 0 aliphatic rings. The number of rotatable bonds is 9. The minimum Gasteiger partial charge on any atom is -0.492 e. The Bertz CT molecular complexity index is 693. The lowest BCUT2D eigenvalue weighted by molar-refractivity contribution is -0.137. The molecule has 147 valence electrons. The van der Waals surface area contributed by atoms with Gasteiger partial charge in [0.25, 0.3) is 0 Å². The average molecular weight is 378 g/mol. The molecule has 0 amide bonds. The third-order valence-corrected chi connectivity index (χ3v) is 4.67. The second kappa shape index (κ2) is 9.79. The predicted molar refractivity (Wildman–Crippen MR) is 103 cm³/mol. The van der Waals surface area contributed by atoms with Gasteiger partial charge in [0.1, 0.15) is 12.4 Å². The molecule has 2 aromatic rings. The fraction of sp³-hybridized carbons (Fsp3) is 0.409. The Morgan fingerprint density at radius 2 is 1.59 bits per heavy atom. The van der Waals surface area contributed by atoms with Crippen LogP contribution in [0.15, 0.2) is 48.5 Å². The summed E-state index contributed by atoms with van der Waals surface area (Å²) in [5.41, 5.74) is 0.887. The first-order valence-electron chi connectivity index (χ1n) is 9.38. The van der Waals surface area contributed by atoms with Gasteiger partial charge in [-0.25, -0.2) is 0 Å². The van der Waals surface area contributed by atoms with Gasteiger partial charge in [-0.05, 0) is 48.8 Å². The molecule has 0 N–H and O–H groups in total. The van der Waals surface area contributed by atoms with Gasteiger partial charge in [0.2, 0.25) is 0 Å². The second-order valence-corrected chi connectivity index (χ2v) is 6.31. The van der Waals surface area contributed by atoms with Gasteiger partial charge in [0.15, 0.2) is 0 Å². The molecule has 1 radical (unpaired) electrons. The normalized spacial score (nSPS) is 12.0. The molecule has 2 rings (SSSR count). The smallest absolute Gasteiger partial charge is 0.416 e. The van der Waals surface area contributed by atoms with Gasteiger partial charge in [0, 0.05) is 12.5 Å². The highest BCUT2D eigenvalue weighted by molar-refractivity contribution is 5.48. The van der Waals surface area contributed by atoms with Crippen molar-refractivity contribution in [3.63, 3.8) is 0 Å². The summed E-state index contributed by atoms with van der Waals surface area (Å²) < 4.78 is 44.7. The Labute approximate surface area is 160 Å². The molecule has 0 fully saturated rings. The van der Waals surface area contributed by atoms with Crippen LogP contribution in [-0.4, -0.2) is 31.1 Å². The largest absolute Gasteiger partial charge is 0.492 e. The lowest BCUT2D eigenvalue weighted by atomic mass is 9.88. The van der Waals surface area contributed by atoms with E-state index in [1.165, 1.54) is 12.1 Å². The number of nitrogens with zero attached hydrogens (tertiary/aromatic N) is 1. The van der Waals surface area contributed by atoms with Crippen molar-refractivity contribution < 1.29 is 17.9 Å². The summed E-state index contributed by atoms with van der Waals surface area (Å²) in [4.78, 5) is 2.28. The fourth-order valence-corrected chi connectivity index (χ4v) is 3.04. The van der Waals surface area contributed by atoms with Crippen molar-refractivity contribution in [2.45, 2.75) is 33.4 Å². The number of hydrogen-bond acceptors (Lipinski definition) is 2. The van der Waals surface area contributed by atoms with Gasteiger partial charge in [-0.1, -0.05) is 51.1 Å². The van der Waals surface area contributed by atoms with Crippen molar-refractivity contribution in [1.29, 1.82) is 0 Å². The van der Waals surface area contributed by atoms with Crippen LogP contribution in [0, 0.1) is 5.92 Å².